The molecule has 4 aromatic rings. The molecule has 8 heteroatoms. The van der Waals surface area contributed by atoms with E-state index in [1.165, 1.54) is 17.5 Å². The number of hydrogen-bond donors (Lipinski definition) is 3. The molecule has 0 aliphatic rings. The Labute approximate surface area is 174 Å². The fraction of sp³-hybridized carbons (Fsp3) is 0. The number of nitrogens with one attached hydrogen (secondary N) is 2. The molecular formula is C21H14ClN3O3S. The van der Waals surface area contributed by atoms with Crippen molar-refractivity contribution < 1.29 is 14.7 Å². The molecule has 0 fully saturated rings. The molecule has 0 saturated heterocycles. The first kappa shape index (κ1) is 18.9. The Bertz CT molecular complexity index is 1180. The van der Waals surface area contributed by atoms with E-state index in [0.717, 1.165) is 5.56 Å². The number of aromatic amines is 1. The Morgan fingerprint density at radius 2 is 1.76 bits per heavy atom. The van der Waals surface area contributed by atoms with Crippen LogP contribution >= 0.6 is 22.9 Å². The molecule has 2 aromatic heterocycles. The second-order valence-electron chi connectivity index (χ2n) is 6.13. The molecule has 29 heavy (non-hydrogen) atoms. The normalized spacial score (nSPS) is 10.7. The van der Waals surface area contributed by atoms with Gasteiger partial charge >= 0.3 is 5.97 Å². The van der Waals surface area contributed by atoms with E-state index in [9.17, 15) is 14.7 Å². The Morgan fingerprint density at radius 1 is 1.03 bits per heavy atom. The van der Waals surface area contributed by atoms with Crippen LogP contribution in [0.15, 0.2) is 66.2 Å². The van der Waals surface area contributed by atoms with Gasteiger partial charge in [-0.15, -0.1) is 11.3 Å². The van der Waals surface area contributed by atoms with Crippen LogP contribution in [0.5, 0.6) is 0 Å². The zero-order chi connectivity index (χ0) is 20.4. The summed E-state index contributed by atoms with van der Waals surface area (Å²) in [7, 11) is 0. The average molecular weight is 424 g/mol. The first-order valence-electron chi connectivity index (χ1n) is 8.56. The van der Waals surface area contributed by atoms with Gasteiger partial charge in [0.05, 0.1) is 16.1 Å². The molecular weight excluding hydrogens is 410 g/mol. The maximum Gasteiger partial charge on any atom is 0.339 e. The zero-order valence-corrected chi connectivity index (χ0v) is 16.4. The minimum Gasteiger partial charge on any atom is -0.478 e. The lowest BCUT2D eigenvalue weighted by atomic mass is 10.1. The SMILES string of the molecule is O=C(Nc1csc(-c2ccc(Cl)cc2)c1C(=O)O)c1c[nH]nc1-c1ccccc1. The van der Waals surface area contributed by atoms with E-state index in [1.54, 1.807) is 29.6 Å². The third-order valence-electron chi connectivity index (χ3n) is 4.29. The highest BCUT2D eigenvalue weighted by molar-refractivity contribution is 7.14. The van der Waals surface area contributed by atoms with E-state index >= 15 is 0 Å². The molecule has 3 N–H and O–H groups in total. The second-order valence-corrected chi connectivity index (χ2v) is 7.45. The maximum atomic E-state index is 12.9. The Hall–Kier alpha value is -3.42. The Kier molecular flexibility index (Phi) is 5.16. The highest BCUT2D eigenvalue weighted by Gasteiger charge is 2.23. The quantitative estimate of drug-likeness (QED) is 0.400. The van der Waals surface area contributed by atoms with Crippen molar-refractivity contribution in [1.82, 2.24) is 10.2 Å². The number of anilines is 1. The summed E-state index contributed by atoms with van der Waals surface area (Å²) in [6.07, 6.45) is 1.49. The summed E-state index contributed by atoms with van der Waals surface area (Å²) in [6, 6.07) is 16.1. The van der Waals surface area contributed by atoms with Gasteiger partial charge in [-0.1, -0.05) is 54.1 Å². The minimum atomic E-state index is -1.12. The van der Waals surface area contributed by atoms with E-state index in [4.69, 9.17) is 11.6 Å². The van der Waals surface area contributed by atoms with E-state index < -0.39 is 11.9 Å². The monoisotopic (exact) mass is 423 g/mol. The van der Waals surface area contributed by atoms with Crippen LogP contribution in [0, 0.1) is 0 Å². The molecule has 0 unspecified atom stereocenters. The lowest BCUT2D eigenvalue weighted by Crippen LogP contribution is -2.14. The zero-order valence-electron chi connectivity index (χ0n) is 14.8. The van der Waals surface area contributed by atoms with Crippen LogP contribution in [0.1, 0.15) is 20.7 Å². The minimum absolute atomic E-state index is 0.0374. The summed E-state index contributed by atoms with van der Waals surface area (Å²) in [4.78, 5) is 25.3. The fourth-order valence-electron chi connectivity index (χ4n) is 2.94. The van der Waals surface area contributed by atoms with E-state index in [1.807, 2.05) is 30.3 Å². The van der Waals surface area contributed by atoms with Gasteiger partial charge in [0, 0.05) is 22.2 Å². The van der Waals surface area contributed by atoms with Crippen LogP contribution in [0.25, 0.3) is 21.7 Å². The van der Waals surface area contributed by atoms with Crippen LogP contribution in [0.4, 0.5) is 5.69 Å². The molecule has 0 spiro atoms. The van der Waals surface area contributed by atoms with Gasteiger partial charge < -0.3 is 10.4 Å². The number of aromatic carboxylic acids is 1. The molecule has 2 aromatic carbocycles. The molecule has 0 bridgehead atoms. The third kappa shape index (κ3) is 3.78. The van der Waals surface area contributed by atoms with E-state index in [0.29, 0.717) is 26.7 Å². The number of amides is 1. The number of aromatic nitrogens is 2. The van der Waals surface area contributed by atoms with Crippen LogP contribution < -0.4 is 5.32 Å². The number of hydrogen-bond acceptors (Lipinski definition) is 4. The number of H-pyrrole nitrogens is 1. The number of halogens is 1. The van der Waals surface area contributed by atoms with Gasteiger partial charge in [-0.2, -0.15) is 5.10 Å². The summed E-state index contributed by atoms with van der Waals surface area (Å²) in [6.45, 7) is 0. The lowest BCUT2D eigenvalue weighted by molar-refractivity contribution is 0.0699. The van der Waals surface area contributed by atoms with Gasteiger partial charge in [0.15, 0.2) is 0 Å². The average Bonchev–Trinajstić information content (AvgIpc) is 3.36. The summed E-state index contributed by atoms with van der Waals surface area (Å²) in [5.41, 5.74) is 2.59. The molecule has 0 saturated carbocycles. The van der Waals surface area contributed by atoms with Gasteiger partial charge in [0.2, 0.25) is 0 Å². The number of carbonyl (C=O) groups is 2. The topological polar surface area (TPSA) is 95.1 Å². The molecule has 6 nitrogen and oxygen atoms in total. The predicted molar refractivity (Wildman–Crippen MR) is 114 cm³/mol. The number of carboxylic acids is 1. The molecule has 2 heterocycles. The van der Waals surface area contributed by atoms with E-state index in [-0.39, 0.29) is 11.3 Å². The number of carboxylic acid groups (broad SMARTS) is 1. The maximum absolute atomic E-state index is 12.9. The largest absolute Gasteiger partial charge is 0.478 e. The third-order valence-corrected chi connectivity index (χ3v) is 5.57. The number of nitrogens with zero attached hydrogens (tertiary/aromatic N) is 1. The number of benzene rings is 2. The van der Waals surface area contributed by atoms with Crippen molar-refractivity contribution in [2.45, 2.75) is 0 Å². The smallest absolute Gasteiger partial charge is 0.339 e. The van der Waals surface area contributed by atoms with Crippen LogP contribution in [-0.4, -0.2) is 27.2 Å². The summed E-state index contributed by atoms with van der Waals surface area (Å²) in [5.74, 6) is -1.57. The molecule has 0 radical (unpaired) electrons. The fourth-order valence-corrected chi connectivity index (χ4v) is 4.07. The number of carbonyl (C=O) groups excluding carboxylic acids is 1. The molecule has 4 rings (SSSR count). The molecule has 1 amide bonds. The van der Waals surface area contributed by atoms with Crippen molar-refractivity contribution in [3.8, 4) is 21.7 Å². The highest BCUT2D eigenvalue weighted by atomic mass is 35.5. The summed E-state index contributed by atoms with van der Waals surface area (Å²) in [5, 5.41) is 21.5. The van der Waals surface area contributed by atoms with Crippen molar-refractivity contribution in [3.63, 3.8) is 0 Å². The Morgan fingerprint density at radius 3 is 2.45 bits per heavy atom. The predicted octanol–water partition coefficient (Wildman–Crippen LogP) is 5.41. The number of thiophene rings is 1. The van der Waals surface area contributed by atoms with Crippen molar-refractivity contribution in [2.24, 2.45) is 0 Å². The van der Waals surface area contributed by atoms with Gasteiger partial charge in [0.1, 0.15) is 11.3 Å². The summed E-state index contributed by atoms with van der Waals surface area (Å²) >= 11 is 7.16. The van der Waals surface area contributed by atoms with Crippen molar-refractivity contribution in [2.75, 3.05) is 5.32 Å². The van der Waals surface area contributed by atoms with Crippen LogP contribution in [-0.2, 0) is 0 Å². The molecule has 0 aliphatic heterocycles. The van der Waals surface area contributed by atoms with Crippen molar-refractivity contribution >= 4 is 40.5 Å². The molecule has 0 aliphatic carbocycles. The van der Waals surface area contributed by atoms with E-state index in [2.05, 4.69) is 15.5 Å². The highest BCUT2D eigenvalue weighted by Crippen LogP contribution is 2.37. The Balaban J connectivity index is 1.67. The van der Waals surface area contributed by atoms with Crippen LogP contribution in [0.2, 0.25) is 5.02 Å². The standard InChI is InChI=1S/C21H14ClN3O3S/c22-14-8-6-13(7-9-14)19-17(21(27)28)16(11-29-19)24-20(26)15-10-23-25-18(15)12-4-2-1-3-5-12/h1-11H,(H,23,25)(H,24,26)(H,27,28). The van der Waals surface area contributed by atoms with Gasteiger partial charge in [-0.05, 0) is 17.7 Å². The van der Waals surface area contributed by atoms with Gasteiger partial charge in [0.25, 0.3) is 5.91 Å². The summed E-state index contributed by atoms with van der Waals surface area (Å²) < 4.78 is 0. The van der Waals surface area contributed by atoms with Crippen LogP contribution in [0.3, 0.4) is 0 Å². The first-order valence-corrected chi connectivity index (χ1v) is 9.81. The molecule has 0 atom stereocenters. The molecule has 144 valence electrons. The number of rotatable bonds is 5. The van der Waals surface area contributed by atoms with Crippen molar-refractivity contribution in [1.29, 1.82) is 0 Å². The lowest BCUT2D eigenvalue weighted by Gasteiger charge is -2.07. The first-order chi connectivity index (χ1) is 14.0. The van der Waals surface area contributed by atoms with Gasteiger partial charge in [-0.25, -0.2) is 4.79 Å². The second kappa shape index (κ2) is 7.90. The van der Waals surface area contributed by atoms with Crippen molar-refractivity contribution in [3.05, 3.63) is 82.3 Å². The van der Waals surface area contributed by atoms with Gasteiger partial charge in [-0.3, -0.25) is 9.89 Å².